The topological polar surface area (TPSA) is 164 Å². The highest BCUT2D eigenvalue weighted by atomic mass is 16.5. The molecule has 2 saturated heterocycles. The molecule has 1 aromatic heterocycles. The fraction of sp³-hybridized carbons (Fsp3) is 0.680. The van der Waals surface area contributed by atoms with Crippen LogP contribution in [0.4, 0.5) is 0 Å². The Kier molecular flexibility index (Phi) is 14.0. The minimum Gasteiger partial charge on any atom is -0.496 e. The first-order valence-corrected chi connectivity index (χ1v) is 12.2. The van der Waals surface area contributed by atoms with Gasteiger partial charge in [-0.05, 0) is 39.5 Å². The molecule has 0 radical (unpaired) electrons. The van der Waals surface area contributed by atoms with Gasteiger partial charge >= 0.3 is 0 Å². The van der Waals surface area contributed by atoms with Crippen LogP contribution >= 0.6 is 0 Å². The summed E-state index contributed by atoms with van der Waals surface area (Å²) in [5.41, 5.74) is 9.13. The number of hydrogen-bond acceptors (Lipinski definition) is 8. The van der Waals surface area contributed by atoms with Crippen LogP contribution in [0, 0.1) is 19.8 Å². The number of aliphatic carboxylic acids is 2. The number of likely N-dealkylation sites (tertiary alicyclic amines) is 1. The zero-order valence-corrected chi connectivity index (χ0v) is 22.1. The summed E-state index contributed by atoms with van der Waals surface area (Å²) >= 11 is 0. The molecule has 3 heterocycles. The molecule has 2 atom stereocenters. The lowest BCUT2D eigenvalue weighted by Gasteiger charge is -2.35. The SMILES string of the molecule is CC(=O)O.CC(=O)O.COc1c(C)cnc(CNC(=O)[C@@H]2CC[C@H](N)CN(C3CCOCC3)C2)c1C. The zero-order chi connectivity index (χ0) is 27.3. The van der Waals surface area contributed by atoms with E-state index in [0.717, 1.165) is 88.4 Å². The maximum Gasteiger partial charge on any atom is 0.300 e. The van der Waals surface area contributed by atoms with E-state index in [0.29, 0.717) is 12.6 Å². The van der Waals surface area contributed by atoms with E-state index >= 15 is 0 Å². The number of ether oxygens (including phenoxy) is 2. The summed E-state index contributed by atoms with van der Waals surface area (Å²) in [5.74, 6) is -0.777. The lowest BCUT2D eigenvalue weighted by atomic mass is 10.00. The van der Waals surface area contributed by atoms with Gasteiger partial charge in [0.2, 0.25) is 5.91 Å². The normalized spacial score (nSPS) is 20.5. The van der Waals surface area contributed by atoms with Crippen LogP contribution in [0.2, 0.25) is 0 Å². The van der Waals surface area contributed by atoms with Crippen molar-refractivity contribution < 1.29 is 34.1 Å². The van der Waals surface area contributed by atoms with Crippen LogP contribution in [0.25, 0.3) is 0 Å². The second kappa shape index (κ2) is 16.1. The summed E-state index contributed by atoms with van der Waals surface area (Å²) < 4.78 is 11.0. The smallest absolute Gasteiger partial charge is 0.300 e. The van der Waals surface area contributed by atoms with E-state index in [-0.39, 0.29) is 17.9 Å². The first-order chi connectivity index (χ1) is 17.0. The van der Waals surface area contributed by atoms with E-state index < -0.39 is 11.9 Å². The van der Waals surface area contributed by atoms with Gasteiger partial charge in [-0.2, -0.15) is 0 Å². The molecule has 0 aromatic carbocycles. The number of methoxy groups -OCH3 is 1. The molecule has 2 aliphatic rings. The van der Waals surface area contributed by atoms with Gasteiger partial charge in [0, 0.05) is 69.6 Å². The number of aromatic nitrogens is 1. The van der Waals surface area contributed by atoms with E-state index in [2.05, 4.69) is 15.2 Å². The Morgan fingerprint density at radius 2 is 1.69 bits per heavy atom. The van der Waals surface area contributed by atoms with Crippen molar-refractivity contribution in [3.63, 3.8) is 0 Å². The summed E-state index contributed by atoms with van der Waals surface area (Å²) in [6.45, 7) is 9.78. The van der Waals surface area contributed by atoms with Crippen molar-refractivity contribution in [2.75, 3.05) is 33.4 Å². The van der Waals surface area contributed by atoms with Crippen molar-refractivity contribution in [1.82, 2.24) is 15.2 Å². The maximum atomic E-state index is 12.9. The Balaban J connectivity index is 0.000000709. The standard InChI is InChI=1S/C21H34N4O3.2C2H4O2/c1-14-10-23-19(15(2)20(14)27-3)11-24-21(26)16-4-5-17(22)13-25(12-16)18-6-8-28-9-7-18;2*1-2(3)4/h10,16-18H,4-9,11-13,22H2,1-3H3,(H,24,26);2*1H3,(H,3,4)/t16-,17+;;/m1../s1. The van der Waals surface area contributed by atoms with Crippen LogP contribution in [0.3, 0.4) is 0 Å². The van der Waals surface area contributed by atoms with E-state index in [9.17, 15) is 4.79 Å². The summed E-state index contributed by atoms with van der Waals surface area (Å²) in [6, 6.07) is 0.601. The molecule has 204 valence electrons. The molecule has 36 heavy (non-hydrogen) atoms. The molecule has 2 fully saturated rings. The number of nitrogens with zero attached hydrogens (tertiary/aromatic N) is 2. The largest absolute Gasteiger partial charge is 0.496 e. The number of carboxylic acids is 2. The predicted molar refractivity (Wildman–Crippen MR) is 135 cm³/mol. The van der Waals surface area contributed by atoms with E-state index in [1.807, 2.05) is 13.8 Å². The lowest BCUT2D eigenvalue weighted by molar-refractivity contribution is -0.135. The summed E-state index contributed by atoms with van der Waals surface area (Å²) in [5, 5.41) is 17.9. The molecule has 0 bridgehead atoms. The average Bonchev–Trinajstić information content (AvgIpc) is 3.00. The zero-order valence-electron chi connectivity index (χ0n) is 22.1. The summed E-state index contributed by atoms with van der Waals surface area (Å²) in [7, 11) is 1.66. The van der Waals surface area contributed by atoms with E-state index in [1.165, 1.54) is 0 Å². The van der Waals surface area contributed by atoms with Crippen LogP contribution in [-0.2, 0) is 25.7 Å². The van der Waals surface area contributed by atoms with Gasteiger partial charge in [-0.15, -0.1) is 0 Å². The number of rotatable bonds is 5. The molecule has 0 aliphatic carbocycles. The average molecular weight is 511 g/mol. The Morgan fingerprint density at radius 1 is 1.11 bits per heavy atom. The van der Waals surface area contributed by atoms with E-state index in [4.69, 9.17) is 35.0 Å². The highest BCUT2D eigenvalue weighted by Gasteiger charge is 2.31. The Hall–Kier alpha value is -2.76. The minimum atomic E-state index is -0.833. The lowest BCUT2D eigenvalue weighted by Crippen LogP contribution is -2.47. The molecule has 1 aromatic rings. The molecule has 0 unspecified atom stereocenters. The Morgan fingerprint density at radius 3 is 2.25 bits per heavy atom. The molecule has 1 amide bonds. The molecular formula is C25H42N4O7. The number of hydrogen-bond donors (Lipinski definition) is 4. The number of carboxylic acid groups (broad SMARTS) is 2. The monoisotopic (exact) mass is 510 g/mol. The molecule has 5 N–H and O–H groups in total. The molecule has 11 nitrogen and oxygen atoms in total. The molecule has 0 saturated carbocycles. The number of carbonyl (C=O) groups excluding carboxylic acids is 1. The highest BCUT2D eigenvalue weighted by molar-refractivity contribution is 5.79. The molecule has 3 rings (SSSR count). The van der Waals surface area contributed by atoms with Crippen LogP contribution in [0.1, 0.15) is 56.4 Å². The second-order valence-corrected chi connectivity index (χ2v) is 9.13. The molecule has 11 heteroatoms. The van der Waals surface area contributed by atoms with Crippen molar-refractivity contribution in [3.8, 4) is 5.75 Å². The van der Waals surface area contributed by atoms with E-state index in [1.54, 1.807) is 13.3 Å². The van der Waals surface area contributed by atoms with Gasteiger partial charge in [0.15, 0.2) is 0 Å². The fourth-order valence-corrected chi connectivity index (χ4v) is 4.38. The summed E-state index contributed by atoms with van der Waals surface area (Å²) in [6.07, 6.45) is 5.55. The van der Waals surface area contributed by atoms with Crippen molar-refractivity contribution in [1.29, 1.82) is 0 Å². The van der Waals surface area contributed by atoms with Crippen LogP contribution in [-0.4, -0.2) is 83.4 Å². The quantitative estimate of drug-likeness (QED) is 0.458. The van der Waals surface area contributed by atoms with Crippen LogP contribution in [0.15, 0.2) is 6.20 Å². The van der Waals surface area contributed by atoms with Gasteiger partial charge in [-0.25, -0.2) is 0 Å². The third-order valence-electron chi connectivity index (χ3n) is 6.07. The number of pyridine rings is 1. The Bertz CT molecular complexity index is 839. The first kappa shape index (κ1) is 31.3. The van der Waals surface area contributed by atoms with Gasteiger partial charge in [-0.1, -0.05) is 0 Å². The van der Waals surface area contributed by atoms with Gasteiger partial charge < -0.3 is 30.7 Å². The van der Waals surface area contributed by atoms with Gasteiger partial charge in [0.05, 0.1) is 25.3 Å². The summed E-state index contributed by atoms with van der Waals surface area (Å²) in [4.78, 5) is 37.8. The number of nitrogens with one attached hydrogen (secondary N) is 1. The number of aryl methyl sites for hydroxylation is 1. The fourth-order valence-electron chi connectivity index (χ4n) is 4.38. The number of amides is 1. The molecular weight excluding hydrogens is 468 g/mol. The van der Waals surface area contributed by atoms with Crippen molar-refractivity contribution >= 4 is 17.8 Å². The van der Waals surface area contributed by atoms with Crippen molar-refractivity contribution in [2.45, 2.75) is 72.0 Å². The molecule has 0 spiro atoms. The van der Waals surface area contributed by atoms with Gasteiger partial charge in [-0.3, -0.25) is 24.3 Å². The van der Waals surface area contributed by atoms with Crippen LogP contribution < -0.4 is 15.8 Å². The second-order valence-electron chi connectivity index (χ2n) is 9.13. The maximum absolute atomic E-state index is 12.9. The minimum absolute atomic E-state index is 0.0379. The van der Waals surface area contributed by atoms with Gasteiger partial charge in [0.25, 0.3) is 11.9 Å². The van der Waals surface area contributed by atoms with Crippen molar-refractivity contribution in [2.24, 2.45) is 11.7 Å². The van der Waals surface area contributed by atoms with Gasteiger partial charge in [0.1, 0.15) is 5.75 Å². The number of carbonyl (C=O) groups is 3. The third-order valence-corrected chi connectivity index (χ3v) is 6.07. The van der Waals surface area contributed by atoms with Crippen LogP contribution in [0.5, 0.6) is 5.75 Å². The molecule has 2 aliphatic heterocycles. The predicted octanol–water partition coefficient (Wildman–Crippen LogP) is 1.72. The Labute approximate surface area is 213 Å². The highest BCUT2D eigenvalue weighted by Crippen LogP contribution is 2.25. The first-order valence-electron chi connectivity index (χ1n) is 12.2. The van der Waals surface area contributed by atoms with Crippen molar-refractivity contribution in [3.05, 3.63) is 23.0 Å². The number of nitrogens with two attached hydrogens (primary N) is 1. The third kappa shape index (κ3) is 11.3.